The van der Waals surface area contributed by atoms with Crippen molar-refractivity contribution in [3.63, 3.8) is 0 Å². The smallest absolute Gasteiger partial charge is 0.138 e. The number of rotatable bonds is 7. The zero-order valence-corrected chi connectivity index (χ0v) is 11.8. The monoisotopic (exact) mass is 238 g/mol. The summed E-state index contributed by atoms with van der Waals surface area (Å²) >= 11 is 0. The van der Waals surface area contributed by atoms with E-state index < -0.39 is 0 Å². The molecule has 1 aromatic rings. The number of nitrogens with one attached hydrogen (secondary N) is 1. The van der Waals surface area contributed by atoms with Crippen molar-refractivity contribution in [2.75, 3.05) is 13.1 Å². The fourth-order valence-corrected chi connectivity index (χ4v) is 1.84. The molecule has 4 nitrogen and oxygen atoms in total. The predicted octanol–water partition coefficient (Wildman–Crippen LogP) is 1.88. The van der Waals surface area contributed by atoms with Crippen molar-refractivity contribution in [1.29, 1.82) is 0 Å². The summed E-state index contributed by atoms with van der Waals surface area (Å²) in [6.07, 6.45) is 2.63. The zero-order chi connectivity index (χ0) is 12.8. The summed E-state index contributed by atoms with van der Waals surface area (Å²) in [6, 6.07) is 0. The van der Waals surface area contributed by atoms with E-state index in [9.17, 15) is 0 Å². The van der Waals surface area contributed by atoms with E-state index in [0.29, 0.717) is 17.8 Å². The Labute approximate surface area is 105 Å². The molecule has 1 N–H and O–H groups in total. The Morgan fingerprint density at radius 3 is 2.41 bits per heavy atom. The second-order valence-electron chi connectivity index (χ2n) is 5.56. The highest BCUT2D eigenvalue weighted by molar-refractivity contribution is 4.87. The van der Waals surface area contributed by atoms with Gasteiger partial charge in [0, 0.05) is 13.5 Å². The van der Waals surface area contributed by atoms with Crippen molar-refractivity contribution >= 4 is 0 Å². The Balaban J connectivity index is 2.46. The molecule has 0 amide bonds. The second kappa shape index (κ2) is 6.74. The van der Waals surface area contributed by atoms with E-state index >= 15 is 0 Å². The van der Waals surface area contributed by atoms with Crippen LogP contribution in [0.2, 0.25) is 0 Å². The molecule has 98 valence electrons. The van der Waals surface area contributed by atoms with Crippen molar-refractivity contribution < 1.29 is 0 Å². The fourth-order valence-electron chi connectivity index (χ4n) is 1.84. The molecule has 0 fully saturated rings. The van der Waals surface area contributed by atoms with Gasteiger partial charge in [0.15, 0.2) is 0 Å². The standard InChI is InChI=1S/C13H26N4/c1-10(2)7-14-8-12(11(3)4)6-13-15-9-16-17(13)5/h9-12,14H,6-8H2,1-5H3. The predicted molar refractivity (Wildman–Crippen MR) is 70.7 cm³/mol. The Morgan fingerprint density at radius 2 is 1.94 bits per heavy atom. The molecule has 0 aromatic carbocycles. The van der Waals surface area contributed by atoms with Crippen LogP contribution < -0.4 is 5.32 Å². The lowest BCUT2D eigenvalue weighted by Gasteiger charge is -2.21. The zero-order valence-electron chi connectivity index (χ0n) is 11.8. The molecule has 0 bridgehead atoms. The van der Waals surface area contributed by atoms with E-state index in [0.717, 1.165) is 25.3 Å². The largest absolute Gasteiger partial charge is 0.316 e. The van der Waals surface area contributed by atoms with Crippen LogP contribution in [0.25, 0.3) is 0 Å². The van der Waals surface area contributed by atoms with Crippen LogP contribution in [0.1, 0.15) is 33.5 Å². The highest BCUT2D eigenvalue weighted by Gasteiger charge is 2.16. The van der Waals surface area contributed by atoms with Crippen molar-refractivity contribution in [2.24, 2.45) is 24.8 Å². The molecular formula is C13H26N4. The van der Waals surface area contributed by atoms with Gasteiger partial charge in [-0.1, -0.05) is 27.7 Å². The summed E-state index contributed by atoms with van der Waals surface area (Å²) in [5, 5.41) is 7.66. The van der Waals surface area contributed by atoms with Crippen LogP contribution in [0, 0.1) is 17.8 Å². The quantitative estimate of drug-likeness (QED) is 0.788. The average Bonchev–Trinajstić information content (AvgIpc) is 2.62. The molecule has 1 rings (SSSR count). The lowest BCUT2D eigenvalue weighted by atomic mass is 9.92. The number of hydrogen-bond acceptors (Lipinski definition) is 3. The Kier molecular flexibility index (Phi) is 5.62. The summed E-state index contributed by atoms with van der Waals surface area (Å²) in [7, 11) is 1.96. The first kappa shape index (κ1) is 14.2. The number of nitrogens with zero attached hydrogens (tertiary/aromatic N) is 3. The number of aromatic nitrogens is 3. The maximum absolute atomic E-state index is 4.31. The Hall–Kier alpha value is -0.900. The number of aryl methyl sites for hydroxylation is 1. The van der Waals surface area contributed by atoms with Gasteiger partial charge in [0.05, 0.1) is 0 Å². The summed E-state index contributed by atoms with van der Waals surface area (Å²) in [6.45, 7) is 11.2. The van der Waals surface area contributed by atoms with Crippen LogP contribution in [-0.2, 0) is 13.5 Å². The van der Waals surface area contributed by atoms with Gasteiger partial charge < -0.3 is 5.32 Å². The molecule has 17 heavy (non-hydrogen) atoms. The minimum atomic E-state index is 0.622. The van der Waals surface area contributed by atoms with Crippen LogP contribution in [0.4, 0.5) is 0 Å². The summed E-state index contributed by atoms with van der Waals surface area (Å²) < 4.78 is 1.87. The van der Waals surface area contributed by atoms with Gasteiger partial charge in [0.25, 0.3) is 0 Å². The van der Waals surface area contributed by atoms with Crippen molar-refractivity contribution in [3.8, 4) is 0 Å². The maximum Gasteiger partial charge on any atom is 0.138 e. The lowest BCUT2D eigenvalue weighted by Crippen LogP contribution is -2.31. The normalized spacial score (nSPS) is 13.6. The van der Waals surface area contributed by atoms with E-state index in [2.05, 4.69) is 43.1 Å². The van der Waals surface area contributed by atoms with Crippen LogP contribution in [0.5, 0.6) is 0 Å². The third-order valence-electron chi connectivity index (χ3n) is 3.15. The molecule has 4 heteroatoms. The summed E-state index contributed by atoms with van der Waals surface area (Å²) in [4.78, 5) is 4.31. The highest BCUT2D eigenvalue weighted by atomic mass is 15.3. The van der Waals surface area contributed by atoms with E-state index in [1.54, 1.807) is 6.33 Å². The van der Waals surface area contributed by atoms with Crippen molar-refractivity contribution in [1.82, 2.24) is 20.1 Å². The molecule has 0 aliphatic carbocycles. The fraction of sp³-hybridized carbons (Fsp3) is 0.846. The first-order valence-electron chi connectivity index (χ1n) is 6.54. The van der Waals surface area contributed by atoms with Crippen molar-refractivity contribution in [3.05, 3.63) is 12.2 Å². The molecule has 0 spiro atoms. The van der Waals surface area contributed by atoms with Crippen LogP contribution >= 0.6 is 0 Å². The lowest BCUT2D eigenvalue weighted by molar-refractivity contribution is 0.343. The molecule has 0 saturated heterocycles. The third-order valence-corrected chi connectivity index (χ3v) is 3.15. The topological polar surface area (TPSA) is 42.7 Å². The first-order chi connectivity index (χ1) is 8.00. The van der Waals surface area contributed by atoms with Gasteiger partial charge in [0.1, 0.15) is 12.2 Å². The van der Waals surface area contributed by atoms with Crippen LogP contribution in [0.3, 0.4) is 0 Å². The Morgan fingerprint density at radius 1 is 1.24 bits per heavy atom. The van der Waals surface area contributed by atoms with E-state index in [1.807, 2.05) is 11.7 Å². The first-order valence-corrected chi connectivity index (χ1v) is 6.54. The molecule has 1 aromatic heterocycles. The van der Waals surface area contributed by atoms with Crippen LogP contribution in [-0.4, -0.2) is 27.9 Å². The maximum atomic E-state index is 4.31. The van der Waals surface area contributed by atoms with E-state index in [4.69, 9.17) is 0 Å². The highest BCUT2D eigenvalue weighted by Crippen LogP contribution is 2.15. The summed E-state index contributed by atoms with van der Waals surface area (Å²) in [5.41, 5.74) is 0. The molecule has 1 atom stereocenters. The van der Waals surface area contributed by atoms with Gasteiger partial charge in [-0.2, -0.15) is 5.10 Å². The molecule has 0 radical (unpaired) electrons. The van der Waals surface area contributed by atoms with Gasteiger partial charge in [-0.05, 0) is 30.8 Å². The van der Waals surface area contributed by atoms with E-state index in [-0.39, 0.29) is 0 Å². The van der Waals surface area contributed by atoms with Crippen molar-refractivity contribution in [2.45, 2.75) is 34.1 Å². The Bertz CT molecular complexity index is 317. The second-order valence-corrected chi connectivity index (χ2v) is 5.56. The molecule has 1 heterocycles. The molecule has 1 unspecified atom stereocenters. The molecule has 0 aliphatic rings. The van der Waals surface area contributed by atoms with Gasteiger partial charge in [-0.3, -0.25) is 4.68 Å². The average molecular weight is 238 g/mol. The SMILES string of the molecule is CC(C)CNCC(Cc1ncnn1C)C(C)C. The minimum Gasteiger partial charge on any atom is -0.316 e. The minimum absolute atomic E-state index is 0.622. The van der Waals surface area contributed by atoms with Gasteiger partial charge in [-0.25, -0.2) is 4.98 Å². The van der Waals surface area contributed by atoms with E-state index in [1.165, 1.54) is 0 Å². The van der Waals surface area contributed by atoms with Gasteiger partial charge in [0.2, 0.25) is 0 Å². The molecular weight excluding hydrogens is 212 g/mol. The molecule has 0 aliphatic heterocycles. The molecule has 0 saturated carbocycles. The van der Waals surface area contributed by atoms with Crippen LogP contribution in [0.15, 0.2) is 6.33 Å². The van der Waals surface area contributed by atoms with Gasteiger partial charge >= 0.3 is 0 Å². The third kappa shape index (κ3) is 4.86. The number of hydrogen-bond donors (Lipinski definition) is 1. The van der Waals surface area contributed by atoms with Gasteiger partial charge in [-0.15, -0.1) is 0 Å². The summed E-state index contributed by atoms with van der Waals surface area (Å²) in [5.74, 6) is 3.07.